The molecule has 0 heterocycles. The van der Waals surface area contributed by atoms with Crippen molar-refractivity contribution in [3.8, 4) is 44.5 Å². The fourth-order valence-corrected chi connectivity index (χ4v) is 6.45. The normalized spacial score (nSPS) is 10.2. The number of benzene rings is 8. The van der Waals surface area contributed by atoms with Crippen LogP contribution in [0.25, 0.3) is 44.5 Å². The summed E-state index contributed by atoms with van der Waals surface area (Å²) in [6.45, 7) is 16.2. The second-order valence-electron chi connectivity index (χ2n) is 14.9. The van der Waals surface area contributed by atoms with E-state index < -0.39 is 0 Å². The molecule has 0 aliphatic heterocycles. The Kier molecular flexibility index (Phi) is 17.7. The molecule has 5 heteroatoms. The summed E-state index contributed by atoms with van der Waals surface area (Å²) < 4.78 is 51.1. The van der Waals surface area contributed by atoms with Gasteiger partial charge in [0.05, 0.1) is 0 Å². The Morgan fingerprint density at radius 1 is 0.279 bits per heavy atom. The maximum Gasteiger partial charge on any atom is 4.00 e. The van der Waals surface area contributed by atoms with Crippen molar-refractivity contribution in [2.75, 3.05) is 0 Å². The van der Waals surface area contributed by atoms with Crippen LogP contribution < -0.4 is 0 Å². The molecule has 0 aromatic heterocycles. The molecule has 0 radical (unpaired) electrons. The summed E-state index contributed by atoms with van der Waals surface area (Å²) in [6, 6.07) is 55.1. The van der Waals surface area contributed by atoms with Gasteiger partial charge in [0.25, 0.3) is 0 Å². The minimum absolute atomic E-state index is 0. The third-order valence-corrected chi connectivity index (χ3v) is 9.83. The zero-order valence-corrected chi connectivity index (χ0v) is 38.3. The third-order valence-electron chi connectivity index (χ3n) is 9.83. The third kappa shape index (κ3) is 14.1. The summed E-state index contributed by atoms with van der Waals surface area (Å²) in [5.74, 6) is -0.794. The zero-order chi connectivity index (χ0) is 43.3. The molecule has 0 N–H and O–H groups in total. The van der Waals surface area contributed by atoms with Gasteiger partial charge < -0.3 is 0 Å². The molecule has 0 unspecified atom stereocenters. The summed E-state index contributed by atoms with van der Waals surface area (Å²) in [7, 11) is 0. The number of hydrogen-bond donors (Lipinski definition) is 0. The minimum atomic E-state index is -0.199. The molecule has 8 rings (SSSR count). The van der Waals surface area contributed by atoms with Crippen LogP contribution in [0.15, 0.2) is 146 Å². The molecule has 0 atom stereocenters. The fraction of sp³-hybridized carbons (Fsp3) is 0.143. The van der Waals surface area contributed by atoms with Crippen LogP contribution in [-0.4, -0.2) is 0 Å². The molecule has 8 aromatic rings. The van der Waals surface area contributed by atoms with E-state index in [-0.39, 0.29) is 43.1 Å². The smallest absolute Gasteiger partial charge is 0.207 e. The minimum Gasteiger partial charge on any atom is -0.207 e. The van der Waals surface area contributed by atoms with Gasteiger partial charge in [-0.2, -0.15) is 117 Å². The summed E-state index contributed by atoms with van der Waals surface area (Å²) >= 11 is 0. The number of rotatable bonds is 4. The van der Waals surface area contributed by atoms with Gasteiger partial charge in [-0.3, -0.25) is 0 Å². The van der Waals surface area contributed by atoms with Crippen LogP contribution in [0.5, 0.6) is 0 Å². The Hall–Kier alpha value is -5.88. The molecule has 308 valence electrons. The number of hydrogen-bond acceptors (Lipinski definition) is 0. The predicted octanol–water partition coefficient (Wildman–Crippen LogP) is 15.6. The maximum absolute atomic E-state index is 12.8. The molecule has 0 saturated heterocycles. The van der Waals surface area contributed by atoms with Crippen LogP contribution in [0.3, 0.4) is 0 Å². The molecule has 61 heavy (non-hydrogen) atoms. The van der Waals surface area contributed by atoms with E-state index >= 15 is 0 Å². The number of halogens is 4. The zero-order valence-electron chi connectivity index (χ0n) is 35.7. The maximum atomic E-state index is 12.8. The van der Waals surface area contributed by atoms with E-state index in [1.807, 2.05) is 79.7 Å². The van der Waals surface area contributed by atoms with Crippen LogP contribution in [-0.2, 0) is 19.8 Å². The fourth-order valence-electron chi connectivity index (χ4n) is 6.45. The van der Waals surface area contributed by atoms with Crippen molar-refractivity contribution < 1.29 is 37.4 Å². The quantitative estimate of drug-likeness (QED) is 0.122. The van der Waals surface area contributed by atoms with E-state index in [4.69, 9.17) is 0 Å². The molecule has 0 aliphatic carbocycles. The van der Waals surface area contributed by atoms with Crippen LogP contribution in [0.4, 0.5) is 17.6 Å². The van der Waals surface area contributed by atoms with E-state index in [1.54, 1.807) is 48.5 Å². The van der Waals surface area contributed by atoms with Crippen molar-refractivity contribution in [1.29, 1.82) is 0 Å². The van der Waals surface area contributed by atoms with E-state index in [0.29, 0.717) is 0 Å². The molecule has 0 spiro atoms. The van der Waals surface area contributed by atoms with Gasteiger partial charge in [0, 0.05) is 0 Å². The Morgan fingerprint density at radius 3 is 0.607 bits per heavy atom. The predicted molar refractivity (Wildman–Crippen MR) is 241 cm³/mol. The Balaban J connectivity index is 0.000000178. The van der Waals surface area contributed by atoms with Gasteiger partial charge in [-0.05, 0) is 70.8 Å². The van der Waals surface area contributed by atoms with Crippen molar-refractivity contribution in [2.45, 2.75) is 55.4 Å². The summed E-state index contributed by atoms with van der Waals surface area (Å²) in [5, 5.41) is 0. The van der Waals surface area contributed by atoms with E-state index in [1.165, 1.54) is 48.5 Å². The molecule has 0 aliphatic rings. The first kappa shape index (κ1) is 47.8. The summed E-state index contributed by atoms with van der Waals surface area (Å²) in [4.78, 5) is 0. The van der Waals surface area contributed by atoms with E-state index in [9.17, 15) is 17.6 Å². The van der Waals surface area contributed by atoms with Gasteiger partial charge in [-0.15, -0.1) is 22.3 Å². The standard InChI is InChI=1S/4C14H12F.Os/c4*1-10-3-4-11(2)14(9-10)12-5-7-13(15)8-6-12;/h4*4-9H,1-2H3;/q4*-1;+4. The van der Waals surface area contributed by atoms with Crippen LogP contribution in [0.1, 0.15) is 44.5 Å². The van der Waals surface area contributed by atoms with Crippen LogP contribution in [0, 0.1) is 103 Å². The van der Waals surface area contributed by atoms with Crippen molar-refractivity contribution in [3.63, 3.8) is 0 Å². The van der Waals surface area contributed by atoms with Crippen LogP contribution >= 0.6 is 0 Å². The van der Waals surface area contributed by atoms with Gasteiger partial charge in [0.15, 0.2) is 0 Å². The Labute approximate surface area is 373 Å². The van der Waals surface area contributed by atoms with Crippen molar-refractivity contribution in [3.05, 3.63) is 238 Å². The molecular formula is C56H48F4Os. The van der Waals surface area contributed by atoms with Gasteiger partial charge in [0.2, 0.25) is 0 Å². The summed E-state index contributed by atoms with van der Waals surface area (Å²) in [6.07, 6.45) is 0. The second-order valence-corrected chi connectivity index (χ2v) is 14.9. The SMILES string of the molecule is Cc1[c-]cc(C)c(-c2ccc(F)cc2)c1.Cc1[c-]cc(C)c(-c2ccc(F)cc2)c1.Cc1[c-]cc(C)c(-c2ccc(F)cc2)c1.Cc1[c-]cc(C)c(-c2ccc(F)cc2)c1.[Os+4]. The molecule has 0 nitrogen and oxygen atoms in total. The van der Waals surface area contributed by atoms with E-state index in [0.717, 1.165) is 89.0 Å². The van der Waals surface area contributed by atoms with Crippen molar-refractivity contribution in [1.82, 2.24) is 0 Å². The summed E-state index contributed by atoms with van der Waals surface area (Å²) in [5.41, 5.74) is 17.8. The van der Waals surface area contributed by atoms with Crippen LogP contribution in [0.2, 0.25) is 0 Å². The van der Waals surface area contributed by atoms with Crippen molar-refractivity contribution >= 4 is 0 Å². The molecule has 0 fully saturated rings. The number of aryl methyl sites for hydroxylation is 8. The first-order chi connectivity index (χ1) is 28.7. The second kappa shape index (κ2) is 22.6. The monoisotopic (exact) mass is 988 g/mol. The van der Waals surface area contributed by atoms with Gasteiger partial charge in [-0.25, -0.2) is 17.6 Å². The van der Waals surface area contributed by atoms with Gasteiger partial charge in [-0.1, -0.05) is 104 Å². The van der Waals surface area contributed by atoms with Gasteiger partial charge >= 0.3 is 19.8 Å². The van der Waals surface area contributed by atoms with E-state index in [2.05, 4.69) is 48.5 Å². The molecule has 8 aromatic carbocycles. The largest absolute Gasteiger partial charge is 4.00 e. The van der Waals surface area contributed by atoms with Gasteiger partial charge in [0.1, 0.15) is 23.3 Å². The van der Waals surface area contributed by atoms with Crippen molar-refractivity contribution in [2.24, 2.45) is 0 Å². The first-order valence-electron chi connectivity index (χ1n) is 19.7. The molecule has 0 bridgehead atoms. The molecule has 0 saturated carbocycles. The average Bonchev–Trinajstić information content (AvgIpc) is 3.24. The Morgan fingerprint density at radius 2 is 0.443 bits per heavy atom. The average molecular weight is 987 g/mol. The first-order valence-corrected chi connectivity index (χ1v) is 19.7. The molecule has 0 amide bonds. The Bertz CT molecular complexity index is 2260. The molecular weight excluding hydrogens is 939 g/mol. The topological polar surface area (TPSA) is 0 Å².